The zero-order valence-corrected chi connectivity index (χ0v) is 20.3. The molecule has 1 atom stereocenters. The summed E-state index contributed by atoms with van der Waals surface area (Å²) >= 11 is 1.01. The molecule has 2 N–H and O–H groups in total. The summed E-state index contributed by atoms with van der Waals surface area (Å²) in [6.45, 7) is 3.98. The van der Waals surface area contributed by atoms with Crippen LogP contribution in [-0.2, 0) is 14.8 Å². The van der Waals surface area contributed by atoms with Gasteiger partial charge in [0.1, 0.15) is 16.8 Å². The number of carboxylic acids is 1. The second-order valence-corrected chi connectivity index (χ2v) is 10.2. The van der Waals surface area contributed by atoms with Gasteiger partial charge in [-0.25, -0.2) is 17.9 Å². The van der Waals surface area contributed by atoms with Gasteiger partial charge in [-0.05, 0) is 60.0 Å². The van der Waals surface area contributed by atoms with Crippen LogP contribution in [0.4, 0.5) is 0 Å². The highest BCUT2D eigenvalue weighted by Crippen LogP contribution is 2.26. The smallest absolute Gasteiger partial charge is 0.335 e. The number of aromatic nitrogens is 2. The molecule has 0 radical (unpaired) electrons. The van der Waals surface area contributed by atoms with Crippen molar-refractivity contribution in [3.8, 4) is 5.75 Å². The molecule has 0 spiro atoms. The molecule has 35 heavy (non-hydrogen) atoms. The molecular weight excluding hydrogens is 490 g/mol. The van der Waals surface area contributed by atoms with Gasteiger partial charge in [0, 0.05) is 5.56 Å². The number of aromatic carboxylic acids is 1. The molecule has 1 unspecified atom stereocenters. The van der Waals surface area contributed by atoms with Crippen molar-refractivity contribution in [1.29, 1.82) is 0 Å². The average molecular weight is 512 g/mol. The van der Waals surface area contributed by atoms with E-state index in [4.69, 9.17) is 9.84 Å². The van der Waals surface area contributed by atoms with E-state index >= 15 is 0 Å². The van der Waals surface area contributed by atoms with E-state index in [1.807, 2.05) is 13.8 Å². The third kappa shape index (κ3) is 5.47. The second kappa shape index (κ2) is 9.80. The number of carbonyl (C=O) groups is 2. The van der Waals surface area contributed by atoms with Crippen LogP contribution in [-0.4, -0.2) is 34.1 Å². The predicted octanol–water partition coefficient (Wildman–Crippen LogP) is 4.14. The number of rotatable bonds is 8. The molecule has 0 bridgehead atoms. The maximum atomic E-state index is 13.2. The normalized spacial score (nSPS) is 12.4. The van der Waals surface area contributed by atoms with Gasteiger partial charge in [0.15, 0.2) is 0 Å². The Labute approximate surface area is 205 Å². The Morgan fingerprint density at radius 3 is 2.17 bits per heavy atom. The van der Waals surface area contributed by atoms with Crippen LogP contribution in [0, 0.1) is 0 Å². The Morgan fingerprint density at radius 2 is 1.54 bits per heavy atom. The standard InChI is InChI=1S/C24H21N3O6S2/c1-14(2)15-5-10-19(11-6-15)35(31,32)27-23(28)22(17-7-12-20-21(13-17)26-34-25-20)33-18-8-3-16(4-9-18)24(29)30/h3-14,22H,1-2H3,(H,27,28)(H,29,30). The molecule has 4 aromatic rings. The van der Waals surface area contributed by atoms with E-state index in [0.717, 1.165) is 17.3 Å². The van der Waals surface area contributed by atoms with Crippen LogP contribution in [0.1, 0.15) is 47.4 Å². The highest BCUT2D eigenvalue weighted by molar-refractivity contribution is 7.90. The summed E-state index contributed by atoms with van der Waals surface area (Å²) in [5.74, 6) is -1.61. The Bertz CT molecular complexity index is 1480. The van der Waals surface area contributed by atoms with Crippen LogP contribution in [0.5, 0.6) is 5.75 Å². The Hall–Kier alpha value is -3.83. The summed E-state index contributed by atoms with van der Waals surface area (Å²) in [6, 6.07) is 16.6. The minimum absolute atomic E-state index is 0.0424. The number of benzene rings is 3. The highest BCUT2D eigenvalue weighted by atomic mass is 32.2. The minimum atomic E-state index is -4.18. The van der Waals surface area contributed by atoms with Gasteiger partial charge in [0.05, 0.1) is 22.2 Å². The molecule has 3 aromatic carbocycles. The van der Waals surface area contributed by atoms with Crippen molar-refractivity contribution in [2.24, 2.45) is 0 Å². The number of hydrogen-bond acceptors (Lipinski definition) is 8. The molecule has 1 aromatic heterocycles. The maximum Gasteiger partial charge on any atom is 0.335 e. The summed E-state index contributed by atoms with van der Waals surface area (Å²) in [5, 5.41) is 9.10. The first kappa shape index (κ1) is 24.3. The lowest BCUT2D eigenvalue weighted by molar-refractivity contribution is -0.126. The zero-order chi connectivity index (χ0) is 25.2. The first-order valence-electron chi connectivity index (χ1n) is 10.5. The van der Waals surface area contributed by atoms with Gasteiger partial charge < -0.3 is 9.84 Å². The van der Waals surface area contributed by atoms with E-state index in [0.29, 0.717) is 16.6 Å². The molecule has 0 aliphatic heterocycles. The zero-order valence-electron chi connectivity index (χ0n) is 18.7. The Morgan fingerprint density at radius 1 is 0.914 bits per heavy atom. The number of ether oxygens (including phenoxy) is 1. The molecule has 1 heterocycles. The van der Waals surface area contributed by atoms with E-state index in [1.165, 1.54) is 36.4 Å². The van der Waals surface area contributed by atoms with E-state index in [9.17, 15) is 18.0 Å². The molecule has 1 amide bonds. The second-order valence-electron chi connectivity index (χ2n) is 8.03. The third-order valence-electron chi connectivity index (χ3n) is 5.27. The lowest BCUT2D eigenvalue weighted by atomic mass is 10.0. The summed E-state index contributed by atoms with van der Waals surface area (Å²) in [6.07, 6.45) is -1.36. The number of hydrogen-bond donors (Lipinski definition) is 2. The summed E-state index contributed by atoms with van der Waals surface area (Å²) < 4.78 is 42.1. The fourth-order valence-corrected chi connectivity index (χ4v) is 4.83. The number of nitrogens with one attached hydrogen (secondary N) is 1. The summed E-state index contributed by atoms with van der Waals surface area (Å²) in [5.41, 5.74) is 2.52. The van der Waals surface area contributed by atoms with Crippen molar-refractivity contribution in [2.75, 3.05) is 0 Å². The number of amides is 1. The van der Waals surface area contributed by atoms with Crippen molar-refractivity contribution < 1.29 is 27.9 Å². The average Bonchev–Trinajstić information content (AvgIpc) is 3.30. The fraction of sp³-hybridized carbons (Fsp3) is 0.167. The molecular formula is C24H21N3O6S2. The van der Waals surface area contributed by atoms with Gasteiger partial charge in [-0.3, -0.25) is 4.79 Å². The van der Waals surface area contributed by atoms with Crippen LogP contribution in [0.3, 0.4) is 0 Å². The molecule has 0 fully saturated rings. The minimum Gasteiger partial charge on any atom is -0.478 e. The van der Waals surface area contributed by atoms with Crippen molar-refractivity contribution in [3.05, 3.63) is 83.4 Å². The monoisotopic (exact) mass is 511 g/mol. The number of sulfonamides is 1. The first-order chi connectivity index (χ1) is 16.6. The topological polar surface area (TPSA) is 136 Å². The van der Waals surface area contributed by atoms with Crippen LogP contribution in [0.2, 0.25) is 0 Å². The van der Waals surface area contributed by atoms with Gasteiger partial charge in [-0.1, -0.05) is 32.0 Å². The summed E-state index contributed by atoms with van der Waals surface area (Å²) in [7, 11) is -4.18. The number of nitrogens with zero attached hydrogens (tertiary/aromatic N) is 2. The molecule has 9 nitrogen and oxygen atoms in total. The third-order valence-corrected chi connectivity index (χ3v) is 7.19. The first-order valence-corrected chi connectivity index (χ1v) is 12.7. The van der Waals surface area contributed by atoms with E-state index in [-0.39, 0.29) is 22.1 Å². The van der Waals surface area contributed by atoms with Gasteiger partial charge in [-0.2, -0.15) is 8.75 Å². The van der Waals surface area contributed by atoms with Gasteiger partial charge >= 0.3 is 5.97 Å². The van der Waals surface area contributed by atoms with Crippen LogP contribution >= 0.6 is 11.7 Å². The molecule has 0 saturated heterocycles. The van der Waals surface area contributed by atoms with Gasteiger partial charge in [-0.15, -0.1) is 0 Å². The molecule has 0 aliphatic carbocycles. The number of fused-ring (bicyclic) bond motifs is 1. The van der Waals surface area contributed by atoms with E-state index < -0.39 is 28.0 Å². The SMILES string of the molecule is CC(C)c1ccc(S(=O)(=O)NC(=O)C(Oc2ccc(C(=O)O)cc2)c2ccc3nsnc3c2)cc1. The quantitative estimate of drug-likeness (QED) is 0.360. The van der Waals surface area contributed by atoms with Crippen LogP contribution in [0.25, 0.3) is 11.0 Å². The maximum absolute atomic E-state index is 13.2. The molecule has 0 saturated carbocycles. The van der Waals surface area contributed by atoms with Crippen LogP contribution < -0.4 is 9.46 Å². The van der Waals surface area contributed by atoms with E-state index in [1.54, 1.807) is 30.3 Å². The molecule has 4 rings (SSSR count). The van der Waals surface area contributed by atoms with Gasteiger partial charge in [0.25, 0.3) is 15.9 Å². The van der Waals surface area contributed by atoms with Crippen molar-refractivity contribution in [3.63, 3.8) is 0 Å². The molecule has 11 heteroatoms. The molecule has 0 aliphatic rings. The van der Waals surface area contributed by atoms with Gasteiger partial charge in [0.2, 0.25) is 6.10 Å². The lowest BCUT2D eigenvalue weighted by Crippen LogP contribution is -2.36. The fourth-order valence-electron chi connectivity index (χ4n) is 3.32. The number of carbonyl (C=O) groups excluding carboxylic acids is 1. The summed E-state index contributed by atoms with van der Waals surface area (Å²) in [4.78, 5) is 24.3. The van der Waals surface area contributed by atoms with Crippen LogP contribution in [0.15, 0.2) is 71.6 Å². The Kier molecular flexibility index (Phi) is 6.81. The largest absolute Gasteiger partial charge is 0.478 e. The van der Waals surface area contributed by atoms with E-state index in [2.05, 4.69) is 13.5 Å². The van der Waals surface area contributed by atoms with Crippen molar-refractivity contribution >= 4 is 44.7 Å². The van der Waals surface area contributed by atoms with Crippen molar-refractivity contribution in [2.45, 2.75) is 30.8 Å². The molecule has 180 valence electrons. The highest BCUT2D eigenvalue weighted by Gasteiger charge is 2.28. The predicted molar refractivity (Wildman–Crippen MR) is 130 cm³/mol. The van der Waals surface area contributed by atoms with Crippen molar-refractivity contribution in [1.82, 2.24) is 13.5 Å². The number of carboxylic acid groups (broad SMARTS) is 1. The Balaban J connectivity index is 1.65. The lowest BCUT2D eigenvalue weighted by Gasteiger charge is -2.19.